The number of aliphatic hydroxyl groups is 2. The van der Waals surface area contributed by atoms with Gasteiger partial charge in [0.05, 0.1) is 24.4 Å². The normalized spacial score (nSPS) is 11.6. The molecule has 0 spiro atoms. The molecular formula is C11H16F2N2O2. The Morgan fingerprint density at radius 1 is 1.24 bits per heavy atom. The second-order valence-electron chi connectivity index (χ2n) is 4.11. The monoisotopic (exact) mass is 246 g/mol. The maximum absolute atomic E-state index is 13.6. The van der Waals surface area contributed by atoms with Crippen molar-refractivity contribution in [2.75, 3.05) is 18.5 Å². The summed E-state index contributed by atoms with van der Waals surface area (Å²) in [4.78, 5) is 0. The fraction of sp³-hybridized carbons (Fsp3) is 0.455. The first kappa shape index (κ1) is 13.8. The van der Waals surface area contributed by atoms with Gasteiger partial charge in [0.2, 0.25) is 0 Å². The van der Waals surface area contributed by atoms with Crippen LogP contribution in [0.1, 0.15) is 12.5 Å². The van der Waals surface area contributed by atoms with E-state index in [1.54, 1.807) is 0 Å². The van der Waals surface area contributed by atoms with Crippen LogP contribution in [0.3, 0.4) is 0 Å². The van der Waals surface area contributed by atoms with E-state index >= 15 is 0 Å². The third kappa shape index (κ3) is 2.91. The second kappa shape index (κ2) is 5.39. The van der Waals surface area contributed by atoms with Gasteiger partial charge in [0.1, 0.15) is 0 Å². The van der Waals surface area contributed by atoms with Crippen molar-refractivity contribution in [1.82, 2.24) is 0 Å². The van der Waals surface area contributed by atoms with E-state index in [-0.39, 0.29) is 17.8 Å². The topological polar surface area (TPSA) is 78.5 Å². The van der Waals surface area contributed by atoms with E-state index < -0.39 is 30.4 Å². The summed E-state index contributed by atoms with van der Waals surface area (Å²) in [5, 5.41) is 20.7. The van der Waals surface area contributed by atoms with E-state index in [4.69, 9.17) is 15.9 Å². The molecule has 0 radical (unpaired) electrons. The van der Waals surface area contributed by atoms with E-state index in [1.807, 2.05) is 0 Å². The predicted octanol–water partition coefficient (Wildman–Crippen LogP) is 0.579. The smallest absolute Gasteiger partial charge is 0.182 e. The summed E-state index contributed by atoms with van der Waals surface area (Å²) in [6, 6.07) is 2.68. The lowest BCUT2D eigenvalue weighted by atomic mass is 10.0. The average Bonchev–Trinajstić information content (AvgIpc) is 2.35. The molecule has 0 unspecified atom stereocenters. The summed E-state index contributed by atoms with van der Waals surface area (Å²) in [6.45, 7) is 0.563. The van der Waals surface area contributed by atoms with Crippen LogP contribution in [0.4, 0.5) is 14.5 Å². The Bertz CT molecular complexity index is 395. The predicted molar refractivity (Wildman–Crippen MR) is 60.4 cm³/mol. The number of hydrogen-bond donors (Lipinski definition) is 4. The van der Waals surface area contributed by atoms with Crippen molar-refractivity contribution in [2.24, 2.45) is 5.73 Å². The Morgan fingerprint density at radius 2 is 1.82 bits per heavy atom. The average molecular weight is 246 g/mol. The number of anilines is 1. The van der Waals surface area contributed by atoms with Crippen LogP contribution in [0, 0.1) is 11.6 Å². The van der Waals surface area contributed by atoms with Gasteiger partial charge in [-0.15, -0.1) is 0 Å². The highest BCUT2D eigenvalue weighted by Gasteiger charge is 2.24. The van der Waals surface area contributed by atoms with E-state index in [9.17, 15) is 8.78 Å². The van der Waals surface area contributed by atoms with Crippen molar-refractivity contribution in [3.05, 3.63) is 29.3 Å². The molecule has 1 aromatic carbocycles. The van der Waals surface area contributed by atoms with Crippen molar-refractivity contribution in [1.29, 1.82) is 0 Å². The third-order valence-electron chi connectivity index (χ3n) is 2.52. The SMILES string of the molecule is CC(CO)(CO)Nc1ccc(CN)c(F)c1F. The van der Waals surface area contributed by atoms with Crippen LogP contribution >= 0.6 is 0 Å². The molecule has 0 aliphatic carbocycles. The molecule has 0 atom stereocenters. The van der Waals surface area contributed by atoms with E-state index in [0.717, 1.165) is 0 Å². The molecule has 0 aromatic heterocycles. The number of halogens is 2. The number of nitrogens with one attached hydrogen (secondary N) is 1. The molecular weight excluding hydrogens is 230 g/mol. The van der Waals surface area contributed by atoms with Crippen molar-refractivity contribution in [2.45, 2.75) is 19.0 Å². The third-order valence-corrected chi connectivity index (χ3v) is 2.52. The van der Waals surface area contributed by atoms with Gasteiger partial charge in [-0.05, 0) is 13.0 Å². The van der Waals surface area contributed by atoms with Gasteiger partial charge in [-0.3, -0.25) is 0 Å². The first-order chi connectivity index (χ1) is 7.97. The van der Waals surface area contributed by atoms with E-state index in [1.165, 1.54) is 19.1 Å². The van der Waals surface area contributed by atoms with E-state index in [0.29, 0.717) is 0 Å². The zero-order valence-corrected chi connectivity index (χ0v) is 9.50. The molecule has 4 nitrogen and oxygen atoms in total. The van der Waals surface area contributed by atoms with Crippen LogP contribution in [0.15, 0.2) is 12.1 Å². The molecule has 0 fully saturated rings. The first-order valence-corrected chi connectivity index (χ1v) is 5.14. The molecule has 0 saturated carbocycles. The zero-order chi connectivity index (χ0) is 13.1. The van der Waals surface area contributed by atoms with Gasteiger partial charge in [0, 0.05) is 12.1 Å². The molecule has 1 aromatic rings. The summed E-state index contributed by atoms with van der Waals surface area (Å²) in [6.07, 6.45) is 0. The largest absolute Gasteiger partial charge is 0.394 e. The lowest BCUT2D eigenvalue weighted by Gasteiger charge is -2.27. The molecule has 17 heavy (non-hydrogen) atoms. The molecule has 0 saturated heterocycles. The molecule has 0 heterocycles. The van der Waals surface area contributed by atoms with Crippen LogP contribution in [0.5, 0.6) is 0 Å². The molecule has 6 heteroatoms. The Hall–Kier alpha value is -1.24. The molecule has 0 aliphatic heterocycles. The summed E-state index contributed by atoms with van der Waals surface area (Å²) in [7, 11) is 0. The van der Waals surface area contributed by atoms with Crippen molar-refractivity contribution < 1.29 is 19.0 Å². The number of aliphatic hydroxyl groups excluding tert-OH is 2. The number of nitrogens with two attached hydrogens (primary N) is 1. The Morgan fingerprint density at radius 3 is 2.29 bits per heavy atom. The van der Waals surface area contributed by atoms with Crippen LogP contribution in [-0.2, 0) is 6.54 Å². The highest BCUT2D eigenvalue weighted by molar-refractivity contribution is 5.49. The van der Waals surface area contributed by atoms with Gasteiger partial charge >= 0.3 is 0 Å². The fourth-order valence-electron chi connectivity index (χ4n) is 1.30. The molecule has 96 valence electrons. The van der Waals surface area contributed by atoms with Crippen molar-refractivity contribution in [3.8, 4) is 0 Å². The van der Waals surface area contributed by atoms with Crippen molar-refractivity contribution >= 4 is 5.69 Å². The Kier molecular flexibility index (Phi) is 4.39. The Labute approximate surface area is 98.1 Å². The minimum absolute atomic E-state index is 0.0720. The van der Waals surface area contributed by atoms with Crippen LogP contribution in [0.25, 0.3) is 0 Å². The second-order valence-corrected chi connectivity index (χ2v) is 4.11. The minimum Gasteiger partial charge on any atom is -0.394 e. The van der Waals surface area contributed by atoms with Crippen LogP contribution < -0.4 is 11.1 Å². The van der Waals surface area contributed by atoms with Gasteiger partial charge in [-0.25, -0.2) is 8.78 Å². The maximum atomic E-state index is 13.6. The number of benzene rings is 1. The van der Waals surface area contributed by atoms with Crippen LogP contribution in [-0.4, -0.2) is 29.0 Å². The lowest BCUT2D eigenvalue weighted by Crippen LogP contribution is -2.42. The lowest BCUT2D eigenvalue weighted by molar-refractivity contribution is 0.147. The maximum Gasteiger partial charge on any atom is 0.182 e. The fourth-order valence-corrected chi connectivity index (χ4v) is 1.30. The minimum atomic E-state index is -1.11. The van der Waals surface area contributed by atoms with Gasteiger partial charge < -0.3 is 21.3 Å². The van der Waals surface area contributed by atoms with Gasteiger partial charge in [-0.1, -0.05) is 6.07 Å². The standard InChI is InChI=1S/C11H16F2N2O2/c1-11(5-16,6-17)15-8-3-2-7(4-14)9(12)10(8)13/h2-3,15-17H,4-6,14H2,1H3. The number of rotatable bonds is 5. The summed E-state index contributed by atoms with van der Waals surface area (Å²) >= 11 is 0. The summed E-state index contributed by atoms with van der Waals surface area (Å²) in [5.41, 5.74) is 4.08. The van der Waals surface area contributed by atoms with E-state index in [2.05, 4.69) is 5.32 Å². The molecule has 5 N–H and O–H groups in total. The highest BCUT2D eigenvalue weighted by atomic mass is 19.2. The van der Waals surface area contributed by atoms with Gasteiger partial charge in [0.15, 0.2) is 11.6 Å². The summed E-state index contributed by atoms with van der Waals surface area (Å²) < 4.78 is 27.0. The zero-order valence-electron chi connectivity index (χ0n) is 9.50. The molecule has 1 rings (SSSR count). The number of hydrogen-bond acceptors (Lipinski definition) is 4. The molecule has 0 amide bonds. The van der Waals surface area contributed by atoms with Gasteiger partial charge in [-0.2, -0.15) is 0 Å². The van der Waals surface area contributed by atoms with Crippen molar-refractivity contribution in [3.63, 3.8) is 0 Å². The first-order valence-electron chi connectivity index (χ1n) is 5.14. The quantitative estimate of drug-likeness (QED) is 0.613. The van der Waals surface area contributed by atoms with Crippen LogP contribution in [0.2, 0.25) is 0 Å². The Balaban J connectivity index is 3.04. The van der Waals surface area contributed by atoms with Gasteiger partial charge in [0.25, 0.3) is 0 Å². The molecule has 0 bridgehead atoms. The molecule has 0 aliphatic rings. The summed E-state index contributed by atoms with van der Waals surface area (Å²) in [5.74, 6) is -2.09. The highest BCUT2D eigenvalue weighted by Crippen LogP contribution is 2.23.